The minimum Gasteiger partial charge on any atom is -0.481 e. The molecule has 2 rings (SSSR count). The first-order chi connectivity index (χ1) is 9.80. The molecule has 0 radical (unpaired) electrons. The molecule has 0 aromatic heterocycles. The average molecular weight is 336 g/mol. The molecule has 1 heterocycles. The highest BCUT2D eigenvalue weighted by Gasteiger charge is 2.32. The van der Waals surface area contributed by atoms with Crippen LogP contribution in [0.25, 0.3) is 0 Å². The summed E-state index contributed by atoms with van der Waals surface area (Å²) in [6.07, 6.45) is 1.20. The second kappa shape index (κ2) is 6.29. The average Bonchev–Trinajstić information content (AvgIpc) is 2.37. The number of nitrogens with zero attached hydrogens (tertiary/aromatic N) is 1. The maximum atomic E-state index is 13.0. The standard InChI is InChI=1S/C13H15ClFNO4S/c14-11-7-10(15)3-4-12(11)21(19,20)16-5-1-2-9(8-16)6-13(17)18/h3-4,7,9H,1-2,5-6,8H2,(H,17,18). The molecule has 0 spiro atoms. The van der Waals surface area contributed by atoms with Crippen LogP contribution >= 0.6 is 11.6 Å². The summed E-state index contributed by atoms with van der Waals surface area (Å²) in [5, 5.41) is 8.64. The van der Waals surface area contributed by atoms with Gasteiger partial charge in [-0.05, 0) is 37.0 Å². The maximum absolute atomic E-state index is 13.0. The first kappa shape index (κ1) is 16.2. The zero-order chi connectivity index (χ0) is 15.6. The lowest BCUT2D eigenvalue weighted by atomic mass is 9.96. The molecule has 5 nitrogen and oxygen atoms in total. The van der Waals surface area contributed by atoms with Crippen molar-refractivity contribution in [1.29, 1.82) is 0 Å². The van der Waals surface area contributed by atoms with Gasteiger partial charge in [-0.15, -0.1) is 0 Å². The predicted octanol–water partition coefficient (Wildman–Crippen LogP) is 2.35. The van der Waals surface area contributed by atoms with Crippen molar-refractivity contribution in [2.75, 3.05) is 13.1 Å². The molecule has 1 aromatic carbocycles. The zero-order valence-electron chi connectivity index (χ0n) is 11.1. The van der Waals surface area contributed by atoms with Crippen LogP contribution in [0.3, 0.4) is 0 Å². The summed E-state index contributed by atoms with van der Waals surface area (Å²) in [6, 6.07) is 3.12. The Labute approximate surface area is 127 Å². The van der Waals surface area contributed by atoms with Gasteiger partial charge in [0.15, 0.2) is 0 Å². The van der Waals surface area contributed by atoms with Gasteiger partial charge in [-0.3, -0.25) is 4.79 Å². The maximum Gasteiger partial charge on any atom is 0.303 e. The smallest absolute Gasteiger partial charge is 0.303 e. The van der Waals surface area contributed by atoms with E-state index in [1.54, 1.807) is 0 Å². The van der Waals surface area contributed by atoms with E-state index in [4.69, 9.17) is 16.7 Å². The molecule has 0 saturated carbocycles. The van der Waals surface area contributed by atoms with Crippen molar-refractivity contribution in [2.24, 2.45) is 5.92 Å². The van der Waals surface area contributed by atoms with Crippen LogP contribution in [0.15, 0.2) is 23.1 Å². The number of halogens is 2. The number of aliphatic carboxylic acids is 1. The molecule has 1 aliphatic rings. The second-order valence-corrected chi connectivity index (χ2v) is 7.36. The third-order valence-electron chi connectivity index (χ3n) is 3.46. The Morgan fingerprint density at radius 1 is 1.48 bits per heavy atom. The predicted molar refractivity (Wildman–Crippen MR) is 75.1 cm³/mol. The van der Waals surface area contributed by atoms with Crippen molar-refractivity contribution in [2.45, 2.75) is 24.2 Å². The van der Waals surface area contributed by atoms with Gasteiger partial charge in [-0.1, -0.05) is 11.6 Å². The molecular formula is C13H15ClFNO4S. The molecule has 116 valence electrons. The molecule has 1 unspecified atom stereocenters. The Kier molecular flexibility index (Phi) is 4.85. The minimum absolute atomic E-state index is 0.0663. The molecule has 8 heteroatoms. The summed E-state index contributed by atoms with van der Waals surface area (Å²) >= 11 is 5.81. The Morgan fingerprint density at radius 3 is 2.81 bits per heavy atom. The summed E-state index contributed by atoms with van der Waals surface area (Å²) in [7, 11) is -3.84. The number of carboxylic acids is 1. The van der Waals surface area contributed by atoms with Gasteiger partial charge in [0.25, 0.3) is 0 Å². The van der Waals surface area contributed by atoms with E-state index in [0.717, 1.165) is 18.2 Å². The van der Waals surface area contributed by atoms with E-state index in [1.165, 1.54) is 4.31 Å². The molecule has 1 aromatic rings. The molecule has 1 N–H and O–H groups in total. The van der Waals surface area contributed by atoms with Gasteiger partial charge in [0.05, 0.1) is 5.02 Å². The second-order valence-electron chi connectivity index (χ2n) is 5.04. The van der Waals surface area contributed by atoms with Crippen LogP contribution in [0.1, 0.15) is 19.3 Å². The summed E-state index contributed by atoms with van der Waals surface area (Å²) in [5.74, 6) is -1.77. The lowest BCUT2D eigenvalue weighted by Gasteiger charge is -2.31. The van der Waals surface area contributed by atoms with E-state index >= 15 is 0 Å². The molecule has 1 atom stereocenters. The van der Waals surface area contributed by atoms with Gasteiger partial charge in [0.1, 0.15) is 10.7 Å². The van der Waals surface area contributed by atoms with E-state index in [0.29, 0.717) is 19.4 Å². The Balaban J connectivity index is 2.24. The molecule has 1 saturated heterocycles. The lowest BCUT2D eigenvalue weighted by Crippen LogP contribution is -2.40. The monoisotopic (exact) mass is 335 g/mol. The van der Waals surface area contributed by atoms with Crippen LogP contribution in [0.4, 0.5) is 4.39 Å². The molecule has 1 aliphatic heterocycles. The highest BCUT2D eigenvalue weighted by atomic mass is 35.5. The van der Waals surface area contributed by atoms with Crippen LogP contribution < -0.4 is 0 Å². The molecule has 1 fully saturated rings. The molecule has 0 aliphatic carbocycles. The van der Waals surface area contributed by atoms with Gasteiger partial charge in [0, 0.05) is 19.5 Å². The van der Waals surface area contributed by atoms with E-state index in [1.807, 2.05) is 0 Å². The first-order valence-electron chi connectivity index (χ1n) is 6.47. The molecule has 0 bridgehead atoms. The van der Waals surface area contributed by atoms with Gasteiger partial charge < -0.3 is 5.11 Å². The third-order valence-corrected chi connectivity index (χ3v) is 5.80. The van der Waals surface area contributed by atoms with Crippen LogP contribution in [0.2, 0.25) is 5.02 Å². The van der Waals surface area contributed by atoms with Crippen molar-refractivity contribution in [3.63, 3.8) is 0 Å². The zero-order valence-corrected chi connectivity index (χ0v) is 12.7. The van der Waals surface area contributed by atoms with E-state index in [2.05, 4.69) is 0 Å². The van der Waals surface area contributed by atoms with Gasteiger partial charge >= 0.3 is 5.97 Å². The van der Waals surface area contributed by atoms with Crippen LogP contribution in [0, 0.1) is 11.7 Å². The van der Waals surface area contributed by atoms with Gasteiger partial charge in [0.2, 0.25) is 10.0 Å². The summed E-state index contributed by atoms with van der Waals surface area (Å²) < 4.78 is 39.3. The fourth-order valence-electron chi connectivity index (χ4n) is 2.48. The summed E-state index contributed by atoms with van der Waals surface area (Å²) in [4.78, 5) is 10.6. The van der Waals surface area contributed by atoms with Crippen molar-refractivity contribution in [3.05, 3.63) is 29.0 Å². The molecule has 0 amide bonds. The van der Waals surface area contributed by atoms with Gasteiger partial charge in [-0.2, -0.15) is 4.31 Å². The molecular weight excluding hydrogens is 321 g/mol. The van der Waals surface area contributed by atoms with Crippen LogP contribution in [-0.4, -0.2) is 36.9 Å². The highest BCUT2D eigenvalue weighted by Crippen LogP contribution is 2.29. The fourth-order valence-corrected chi connectivity index (χ4v) is 4.54. The first-order valence-corrected chi connectivity index (χ1v) is 8.29. The van der Waals surface area contributed by atoms with E-state index < -0.39 is 21.8 Å². The summed E-state index contributed by atoms with van der Waals surface area (Å²) in [6.45, 7) is 0.453. The highest BCUT2D eigenvalue weighted by molar-refractivity contribution is 7.89. The van der Waals surface area contributed by atoms with Gasteiger partial charge in [-0.25, -0.2) is 12.8 Å². The van der Waals surface area contributed by atoms with E-state index in [9.17, 15) is 17.6 Å². The van der Waals surface area contributed by atoms with Crippen molar-refractivity contribution >= 4 is 27.6 Å². The van der Waals surface area contributed by atoms with Crippen molar-refractivity contribution in [3.8, 4) is 0 Å². The third kappa shape index (κ3) is 3.72. The van der Waals surface area contributed by atoms with Crippen LogP contribution in [-0.2, 0) is 14.8 Å². The Morgan fingerprint density at radius 2 is 2.19 bits per heavy atom. The topological polar surface area (TPSA) is 74.7 Å². The molecule has 21 heavy (non-hydrogen) atoms. The fraction of sp³-hybridized carbons (Fsp3) is 0.462. The normalized spacial score (nSPS) is 20.4. The quantitative estimate of drug-likeness (QED) is 0.916. The van der Waals surface area contributed by atoms with Crippen molar-refractivity contribution in [1.82, 2.24) is 4.31 Å². The van der Waals surface area contributed by atoms with Crippen molar-refractivity contribution < 1.29 is 22.7 Å². The Bertz CT molecular complexity index is 650. The van der Waals surface area contributed by atoms with Crippen LogP contribution in [0.5, 0.6) is 0 Å². The lowest BCUT2D eigenvalue weighted by molar-refractivity contribution is -0.138. The number of carboxylic acid groups (broad SMARTS) is 1. The van der Waals surface area contributed by atoms with E-state index in [-0.39, 0.29) is 28.8 Å². The number of rotatable bonds is 4. The number of sulfonamides is 1. The number of hydrogen-bond acceptors (Lipinski definition) is 3. The number of hydrogen-bond donors (Lipinski definition) is 1. The largest absolute Gasteiger partial charge is 0.481 e. The number of piperidine rings is 1. The SMILES string of the molecule is O=C(O)CC1CCCN(S(=O)(=O)c2ccc(F)cc2Cl)C1. The number of benzene rings is 1. The number of carbonyl (C=O) groups is 1. The Hall–Kier alpha value is -1.18. The summed E-state index contributed by atoms with van der Waals surface area (Å²) in [5.41, 5.74) is 0. The minimum atomic E-state index is -3.84.